The molecule has 3 rings (SSSR count). The Kier molecular flexibility index (Phi) is 4.89. The van der Waals surface area contributed by atoms with Gasteiger partial charge in [0.25, 0.3) is 0 Å². The summed E-state index contributed by atoms with van der Waals surface area (Å²) in [7, 11) is 0. The number of amides is 1. The van der Waals surface area contributed by atoms with Crippen LogP contribution in [0.3, 0.4) is 0 Å². The predicted molar refractivity (Wildman–Crippen MR) is 95.2 cm³/mol. The first kappa shape index (κ1) is 15.9. The summed E-state index contributed by atoms with van der Waals surface area (Å²) in [5.74, 6) is 0.00909. The third-order valence-corrected chi connectivity index (χ3v) is 4.22. The molecule has 0 unspecified atom stereocenters. The lowest BCUT2D eigenvalue weighted by Crippen LogP contribution is -2.27. The highest BCUT2D eigenvalue weighted by atomic mass is 35.5. The second kappa shape index (κ2) is 7.07. The van der Waals surface area contributed by atoms with Crippen LogP contribution >= 0.6 is 23.2 Å². The molecule has 3 aromatic rings. The standard InChI is InChI=1S/C18H16Cl2N2O/c19-14-3-1-12(2-4-14)7-8-21-18(23)9-13-11-22-17-10-15(20)5-6-16(13)17/h1-6,10-11,22H,7-9H2,(H,21,23). The maximum absolute atomic E-state index is 12.1. The molecule has 2 N–H and O–H groups in total. The fourth-order valence-electron chi connectivity index (χ4n) is 2.54. The van der Waals surface area contributed by atoms with Gasteiger partial charge in [-0.25, -0.2) is 0 Å². The van der Waals surface area contributed by atoms with Crippen LogP contribution in [0.5, 0.6) is 0 Å². The third kappa shape index (κ3) is 4.06. The number of H-pyrrole nitrogens is 1. The Morgan fingerprint density at radius 2 is 1.78 bits per heavy atom. The van der Waals surface area contributed by atoms with E-state index in [1.807, 2.05) is 48.7 Å². The van der Waals surface area contributed by atoms with Crippen molar-refractivity contribution in [1.29, 1.82) is 0 Å². The van der Waals surface area contributed by atoms with Gasteiger partial charge in [-0.3, -0.25) is 4.79 Å². The molecule has 0 spiro atoms. The van der Waals surface area contributed by atoms with Gasteiger partial charge in [0.1, 0.15) is 0 Å². The lowest BCUT2D eigenvalue weighted by atomic mass is 10.1. The smallest absolute Gasteiger partial charge is 0.224 e. The average Bonchev–Trinajstić information content (AvgIpc) is 2.91. The number of rotatable bonds is 5. The Labute approximate surface area is 144 Å². The van der Waals surface area contributed by atoms with Gasteiger partial charge < -0.3 is 10.3 Å². The molecule has 0 aliphatic heterocycles. The molecule has 0 aliphatic rings. The normalized spacial score (nSPS) is 10.9. The van der Waals surface area contributed by atoms with Crippen molar-refractivity contribution in [2.24, 2.45) is 0 Å². The quantitative estimate of drug-likeness (QED) is 0.707. The Bertz CT molecular complexity index is 825. The van der Waals surface area contributed by atoms with E-state index < -0.39 is 0 Å². The van der Waals surface area contributed by atoms with Gasteiger partial charge in [0.15, 0.2) is 0 Å². The molecule has 5 heteroatoms. The summed E-state index contributed by atoms with van der Waals surface area (Å²) < 4.78 is 0. The second-order valence-corrected chi connectivity index (χ2v) is 6.28. The van der Waals surface area contributed by atoms with Crippen LogP contribution in [0.25, 0.3) is 10.9 Å². The fourth-order valence-corrected chi connectivity index (χ4v) is 2.84. The lowest BCUT2D eigenvalue weighted by Gasteiger charge is -2.05. The number of hydrogen-bond donors (Lipinski definition) is 2. The number of aromatic nitrogens is 1. The van der Waals surface area contributed by atoms with Gasteiger partial charge in [-0.15, -0.1) is 0 Å². The van der Waals surface area contributed by atoms with Crippen molar-refractivity contribution in [3.05, 3.63) is 69.8 Å². The van der Waals surface area contributed by atoms with Crippen LogP contribution in [0.2, 0.25) is 10.0 Å². The van der Waals surface area contributed by atoms with Crippen LogP contribution in [0.1, 0.15) is 11.1 Å². The minimum Gasteiger partial charge on any atom is -0.361 e. The van der Waals surface area contributed by atoms with E-state index in [9.17, 15) is 4.79 Å². The third-order valence-electron chi connectivity index (χ3n) is 3.73. The number of fused-ring (bicyclic) bond motifs is 1. The molecule has 23 heavy (non-hydrogen) atoms. The number of nitrogens with one attached hydrogen (secondary N) is 2. The van der Waals surface area contributed by atoms with Crippen LogP contribution < -0.4 is 5.32 Å². The molecule has 0 radical (unpaired) electrons. The maximum atomic E-state index is 12.1. The highest BCUT2D eigenvalue weighted by Crippen LogP contribution is 2.22. The van der Waals surface area contributed by atoms with Crippen molar-refractivity contribution in [1.82, 2.24) is 10.3 Å². The first-order chi connectivity index (χ1) is 11.1. The van der Waals surface area contributed by atoms with E-state index in [2.05, 4.69) is 10.3 Å². The van der Waals surface area contributed by atoms with Crippen LogP contribution in [-0.4, -0.2) is 17.4 Å². The van der Waals surface area contributed by atoms with E-state index in [1.165, 1.54) is 0 Å². The van der Waals surface area contributed by atoms with Crippen LogP contribution in [0, 0.1) is 0 Å². The van der Waals surface area contributed by atoms with E-state index in [1.54, 1.807) is 0 Å². The van der Waals surface area contributed by atoms with Crippen molar-refractivity contribution in [3.63, 3.8) is 0 Å². The van der Waals surface area contributed by atoms with Gasteiger partial charge >= 0.3 is 0 Å². The molecule has 3 nitrogen and oxygen atoms in total. The van der Waals surface area contributed by atoms with Gasteiger partial charge in [0, 0.05) is 33.7 Å². The molecule has 1 amide bonds. The van der Waals surface area contributed by atoms with Gasteiger partial charge in [-0.1, -0.05) is 41.4 Å². The summed E-state index contributed by atoms with van der Waals surface area (Å²) in [5, 5.41) is 5.38. The molecule has 0 fully saturated rings. The first-order valence-corrected chi connectivity index (χ1v) is 8.14. The zero-order valence-corrected chi connectivity index (χ0v) is 13.9. The minimum atomic E-state index is 0.00909. The number of benzene rings is 2. The summed E-state index contributed by atoms with van der Waals surface area (Å²) >= 11 is 11.8. The van der Waals surface area contributed by atoms with Crippen molar-refractivity contribution < 1.29 is 4.79 Å². The zero-order chi connectivity index (χ0) is 16.2. The van der Waals surface area contributed by atoms with Gasteiger partial charge in [0.2, 0.25) is 5.91 Å². The second-order valence-electron chi connectivity index (χ2n) is 5.41. The van der Waals surface area contributed by atoms with Gasteiger partial charge in [-0.2, -0.15) is 0 Å². The minimum absolute atomic E-state index is 0.00909. The summed E-state index contributed by atoms with van der Waals surface area (Å²) in [5.41, 5.74) is 3.07. The molecule has 0 saturated heterocycles. The number of aromatic amines is 1. The molecule has 1 aromatic heterocycles. The monoisotopic (exact) mass is 346 g/mol. The van der Waals surface area contributed by atoms with E-state index in [4.69, 9.17) is 23.2 Å². The largest absolute Gasteiger partial charge is 0.361 e. The topological polar surface area (TPSA) is 44.9 Å². The number of hydrogen-bond acceptors (Lipinski definition) is 1. The van der Waals surface area contributed by atoms with E-state index in [-0.39, 0.29) is 5.91 Å². The lowest BCUT2D eigenvalue weighted by molar-refractivity contribution is -0.120. The van der Waals surface area contributed by atoms with E-state index in [0.29, 0.717) is 18.0 Å². The van der Waals surface area contributed by atoms with Crippen LogP contribution in [0.4, 0.5) is 0 Å². The Hall–Kier alpha value is -1.97. The molecule has 0 saturated carbocycles. The predicted octanol–water partition coefficient (Wildman–Crippen LogP) is 4.38. The molecule has 0 aliphatic carbocycles. The Balaban J connectivity index is 1.55. The first-order valence-electron chi connectivity index (χ1n) is 7.38. The summed E-state index contributed by atoms with van der Waals surface area (Å²) in [6, 6.07) is 13.3. The van der Waals surface area contributed by atoms with E-state index >= 15 is 0 Å². The van der Waals surface area contributed by atoms with Crippen molar-refractivity contribution >= 4 is 40.0 Å². The van der Waals surface area contributed by atoms with Crippen LogP contribution in [-0.2, 0) is 17.6 Å². The van der Waals surface area contributed by atoms with Crippen molar-refractivity contribution in [2.75, 3.05) is 6.54 Å². The highest BCUT2D eigenvalue weighted by molar-refractivity contribution is 6.31. The van der Waals surface area contributed by atoms with E-state index in [0.717, 1.165) is 33.5 Å². The maximum Gasteiger partial charge on any atom is 0.224 e. The highest BCUT2D eigenvalue weighted by Gasteiger charge is 2.09. The summed E-state index contributed by atoms with van der Waals surface area (Å²) in [6.07, 6.45) is 2.99. The summed E-state index contributed by atoms with van der Waals surface area (Å²) in [6.45, 7) is 0.606. The van der Waals surface area contributed by atoms with Crippen LogP contribution in [0.15, 0.2) is 48.7 Å². The summed E-state index contributed by atoms with van der Waals surface area (Å²) in [4.78, 5) is 15.2. The molecule has 118 valence electrons. The fraction of sp³-hybridized carbons (Fsp3) is 0.167. The molecule has 0 bridgehead atoms. The van der Waals surface area contributed by atoms with Gasteiger partial charge in [-0.05, 0) is 41.8 Å². The molecule has 2 aromatic carbocycles. The molecular weight excluding hydrogens is 331 g/mol. The average molecular weight is 347 g/mol. The SMILES string of the molecule is O=C(Cc1c[nH]c2cc(Cl)ccc12)NCCc1ccc(Cl)cc1. The zero-order valence-electron chi connectivity index (χ0n) is 12.4. The number of carbonyl (C=O) groups is 1. The van der Waals surface area contributed by atoms with Crippen molar-refractivity contribution in [2.45, 2.75) is 12.8 Å². The molecular formula is C18H16Cl2N2O. The Morgan fingerprint density at radius 3 is 2.57 bits per heavy atom. The van der Waals surface area contributed by atoms with Gasteiger partial charge in [0.05, 0.1) is 6.42 Å². The number of halogens is 2. The molecule has 1 heterocycles. The Morgan fingerprint density at radius 1 is 1.04 bits per heavy atom. The molecule has 0 atom stereocenters. The number of carbonyl (C=O) groups excluding carboxylic acids is 1. The van der Waals surface area contributed by atoms with Crippen molar-refractivity contribution in [3.8, 4) is 0 Å².